The second-order valence-electron chi connectivity index (χ2n) is 5.76. The molecular formula is C18H13BrN6O2. The fourth-order valence-corrected chi connectivity index (χ4v) is 3.19. The maximum Gasteiger partial charge on any atom is 0.272 e. The first-order chi connectivity index (χ1) is 13.1. The molecule has 4 rings (SSSR count). The van der Waals surface area contributed by atoms with Gasteiger partial charge in [0.15, 0.2) is 5.82 Å². The highest BCUT2D eigenvalue weighted by Crippen LogP contribution is 2.25. The topological polar surface area (TPSA) is 116 Å². The van der Waals surface area contributed by atoms with Crippen LogP contribution in [0.4, 0.5) is 5.95 Å². The molecule has 0 aliphatic rings. The molecule has 0 aliphatic heterocycles. The van der Waals surface area contributed by atoms with E-state index in [2.05, 4.69) is 46.6 Å². The summed E-state index contributed by atoms with van der Waals surface area (Å²) >= 11 is 3.45. The van der Waals surface area contributed by atoms with E-state index in [-0.39, 0.29) is 23.8 Å². The summed E-state index contributed by atoms with van der Waals surface area (Å²) in [5.41, 5.74) is 1.02. The Bertz CT molecular complexity index is 1200. The fourth-order valence-electron chi connectivity index (χ4n) is 2.72. The standard InChI is InChI=1S/C18H13BrN6O2/c19-13-8-4-3-7-12(13)16-21-18(25-23-16)20-15(26)9-14-10-5-1-2-6-11(10)17(27)24-22-14/h1-8H,9H2,(H,24,27)(H2,20,21,23,25,26). The lowest BCUT2D eigenvalue weighted by atomic mass is 10.1. The van der Waals surface area contributed by atoms with Crippen LogP contribution in [-0.2, 0) is 11.2 Å². The van der Waals surface area contributed by atoms with Gasteiger partial charge in [-0.15, -0.1) is 5.10 Å². The number of anilines is 1. The lowest BCUT2D eigenvalue weighted by Gasteiger charge is -2.04. The molecule has 0 spiro atoms. The van der Waals surface area contributed by atoms with Gasteiger partial charge in [0.2, 0.25) is 11.9 Å². The number of nitrogens with one attached hydrogen (secondary N) is 3. The maximum atomic E-state index is 12.4. The van der Waals surface area contributed by atoms with Crippen molar-refractivity contribution in [3.8, 4) is 11.4 Å². The third kappa shape index (κ3) is 3.49. The van der Waals surface area contributed by atoms with Gasteiger partial charge < -0.3 is 0 Å². The minimum atomic E-state index is -0.336. The van der Waals surface area contributed by atoms with E-state index in [1.54, 1.807) is 24.3 Å². The number of carbonyl (C=O) groups is 1. The molecule has 3 N–H and O–H groups in total. The van der Waals surface area contributed by atoms with Crippen molar-refractivity contribution in [1.82, 2.24) is 25.4 Å². The Morgan fingerprint density at radius 1 is 1.00 bits per heavy atom. The van der Waals surface area contributed by atoms with Crippen LogP contribution in [0.15, 0.2) is 57.8 Å². The first-order valence-corrected chi connectivity index (χ1v) is 8.84. The van der Waals surface area contributed by atoms with Gasteiger partial charge in [-0.2, -0.15) is 10.1 Å². The number of benzene rings is 2. The molecule has 134 valence electrons. The van der Waals surface area contributed by atoms with Crippen molar-refractivity contribution >= 4 is 38.6 Å². The molecule has 0 fully saturated rings. The van der Waals surface area contributed by atoms with Crippen molar-refractivity contribution in [3.63, 3.8) is 0 Å². The van der Waals surface area contributed by atoms with E-state index in [4.69, 9.17) is 0 Å². The molecule has 0 radical (unpaired) electrons. The smallest absolute Gasteiger partial charge is 0.272 e. The highest BCUT2D eigenvalue weighted by molar-refractivity contribution is 9.10. The molecule has 0 saturated heterocycles. The Morgan fingerprint density at radius 3 is 2.56 bits per heavy atom. The summed E-state index contributed by atoms with van der Waals surface area (Å²) in [4.78, 5) is 28.5. The SMILES string of the molecule is O=C(Cc1n[nH]c(=O)c2ccccc12)Nc1n[nH]c(-c2ccccc2Br)n1. The number of fused-ring (bicyclic) bond motifs is 1. The van der Waals surface area contributed by atoms with Crippen molar-refractivity contribution in [1.29, 1.82) is 0 Å². The summed E-state index contributed by atoms with van der Waals surface area (Å²) in [6, 6.07) is 14.6. The quantitative estimate of drug-likeness (QED) is 0.465. The van der Waals surface area contributed by atoms with E-state index in [0.717, 1.165) is 10.0 Å². The molecule has 2 aromatic heterocycles. The highest BCUT2D eigenvalue weighted by Gasteiger charge is 2.14. The van der Waals surface area contributed by atoms with Crippen molar-refractivity contribution in [2.75, 3.05) is 5.32 Å². The summed E-state index contributed by atoms with van der Waals surface area (Å²) in [7, 11) is 0. The Hall–Kier alpha value is -3.33. The van der Waals surface area contributed by atoms with Crippen molar-refractivity contribution in [3.05, 3.63) is 69.1 Å². The number of carbonyl (C=O) groups excluding carboxylic acids is 1. The minimum absolute atomic E-state index is 0.0177. The summed E-state index contributed by atoms with van der Waals surface area (Å²) in [5.74, 6) is 0.363. The third-order valence-corrected chi connectivity index (χ3v) is 4.66. The van der Waals surface area contributed by atoms with Gasteiger partial charge >= 0.3 is 0 Å². The van der Waals surface area contributed by atoms with Gasteiger partial charge in [0, 0.05) is 15.4 Å². The van der Waals surface area contributed by atoms with Gasteiger partial charge in [-0.25, -0.2) is 5.10 Å². The van der Waals surface area contributed by atoms with Crippen LogP contribution >= 0.6 is 15.9 Å². The zero-order valence-corrected chi connectivity index (χ0v) is 15.4. The zero-order chi connectivity index (χ0) is 18.8. The molecule has 0 atom stereocenters. The fraction of sp³-hybridized carbons (Fsp3) is 0.0556. The molecule has 2 heterocycles. The molecule has 0 aliphatic carbocycles. The van der Waals surface area contributed by atoms with E-state index < -0.39 is 0 Å². The number of hydrogen-bond acceptors (Lipinski definition) is 5. The molecule has 2 aromatic carbocycles. The number of aromatic nitrogens is 5. The van der Waals surface area contributed by atoms with Gasteiger partial charge in [-0.1, -0.05) is 52.3 Å². The van der Waals surface area contributed by atoms with Gasteiger partial charge in [-0.3, -0.25) is 20.0 Å². The minimum Gasteiger partial charge on any atom is -0.293 e. The second kappa shape index (κ2) is 7.12. The largest absolute Gasteiger partial charge is 0.293 e. The van der Waals surface area contributed by atoms with E-state index in [1.807, 2.05) is 24.3 Å². The number of hydrogen-bond donors (Lipinski definition) is 3. The molecule has 0 unspecified atom stereocenters. The molecule has 1 amide bonds. The Labute approximate surface area is 161 Å². The maximum absolute atomic E-state index is 12.4. The van der Waals surface area contributed by atoms with E-state index >= 15 is 0 Å². The number of nitrogens with zero attached hydrogens (tertiary/aromatic N) is 3. The molecule has 0 saturated carbocycles. The summed E-state index contributed by atoms with van der Waals surface area (Å²) < 4.78 is 0.864. The van der Waals surface area contributed by atoms with Crippen molar-refractivity contribution in [2.24, 2.45) is 0 Å². The lowest BCUT2D eigenvalue weighted by molar-refractivity contribution is -0.115. The highest BCUT2D eigenvalue weighted by atomic mass is 79.9. The van der Waals surface area contributed by atoms with Crippen LogP contribution in [0.25, 0.3) is 22.2 Å². The van der Waals surface area contributed by atoms with Gasteiger partial charge in [0.25, 0.3) is 5.56 Å². The van der Waals surface area contributed by atoms with Gasteiger partial charge in [0.1, 0.15) is 0 Å². The van der Waals surface area contributed by atoms with Crippen LogP contribution in [0.3, 0.4) is 0 Å². The molecular weight excluding hydrogens is 412 g/mol. The normalized spacial score (nSPS) is 10.9. The van der Waals surface area contributed by atoms with E-state index in [1.165, 1.54) is 0 Å². The first kappa shape index (κ1) is 17.1. The predicted molar refractivity (Wildman–Crippen MR) is 104 cm³/mol. The number of aromatic amines is 2. The molecule has 0 bridgehead atoms. The number of rotatable bonds is 4. The lowest BCUT2D eigenvalue weighted by Crippen LogP contribution is -2.19. The first-order valence-electron chi connectivity index (χ1n) is 8.05. The average molecular weight is 425 g/mol. The predicted octanol–water partition coefficient (Wildman–Crippen LogP) is 2.65. The molecule has 4 aromatic rings. The van der Waals surface area contributed by atoms with E-state index in [0.29, 0.717) is 22.3 Å². The van der Waals surface area contributed by atoms with Crippen LogP contribution in [0.2, 0.25) is 0 Å². The van der Waals surface area contributed by atoms with Crippen LogP contribution in [0.1, 0.15) is 5.69 Å². The van der Waals surface area contributed by atoms with Crippen LogP contribution in [-0.4, -0.2) is 31.3 Å². The third-order valence-electron chi connectivity index (χ3n) is 3.97. The Morgan fingerprint density at radius 2 is 1.74 bits per heavy atom. The monoisotopic (exact) mass is 424 g/mol. The zero-order valence-electron chi connectivity index (χ0n) is 13.9. The van der Waals surface area contributed by atoms with E-state index in [9.17, 15) is 9.59 Å². The van der Waals surface area contributed by atoms with Gasteiger partial charge in [-0.05, 0) is 12.1 Å². The number of amides is 1. The van der Waals surface area contributed by atoms with Crippen LogP contribution in [0.5, 0.6) is 0 Å². The average Bonchev–Trinajstić information content (AvgIpc) is 3.13. The van der Waals surface area contributed by atoms with Crippen LogP contribution in [0, 0.1) is 0 Å². The van der Waals surface area contributed by atoms with Crippen molar-refractivity contribution < 1.29 is 4.79 Å². The Kier molecular flexibility index (Phi) is 4.51. The number of halogens is 1. The van der Waals surface area contributed by atoms with Crippen LogP contribution < -0.4 is 10.9 Å². The summed E-state index contributed by atoms with van der Waals surface area (Å²) in [5, 5.41) is 17.0. The number of H-pyrrole nitrogens is 2. The molecule has 9 heteroatoms. The molecule has 8 nitrogen and oxygen atoms in total. The van der Waals surface area contributed by atoms with Crippen molar-refractivity contribution in [2.45, 2.75) is 6.42 Å². The van der Waals surface area contributed by atoms with Gasteiger partial charge in [0.05, 0.1) is 17.5 Å². The summed E-state index contributed by atoms with van der Waals surface area (Å²) in [6.45, 7) is 0. The Balaban J connectivity index is 1.54. The summed E-state index contributed by atoms with van der Waals surface area (Å²) in [6.07, 6.45) is -0.0177. The second-order valence-corrected chi connectivity index (χ2v) is 6.61. The molecule has 27 heavy (non-hydrogen) atoms.